The summed E-state index contributed by atoms with van der Waals surface area (Å²) in [7, 11) is 1.73. The van der Waals surface area contributed by atoms with Crippen LogP contribution in [-0.2, 0) is 9.53 Å². The van der Waals surface area contributed by atoms with E-state index in [1.807, 2.05) is 0 Å². The molecule has 3 atom stereocenters. The van der Waals surface area contributed by atoms with Gasteiger partial charge in [0.1, 0.15) is 0 Å². The molecule has 0 spiro atoms. The molecule has 3 unspecified atom stereocenters. The van der Waals surface area contributed by atoms with Gasteiger partial charge in [0.2, 0.25) is 5.91 Å². The molecule has 17 heavy (non-hydrogen) atoms. The average molecular weight is 242 g/mol. The number of amides is 1. The van der Waals surface area contributed by atoms with Crippen molar-refractivity contribution in [3.63, 3.8) is 0 Å². The van der Waals surface area contributed by atoms with Crippen molar-refractivity contribution in [2.75, 3.05) is 13.7 Å². The normalized spacial score (nSPS) is 26.2. The number of hydrogen-bond donors (Lipinski definition) is 2. The zero-order chi connectivity index (χ0) is 12.8. The van der Waals surface area contributed by atoms with Crippen LogP contribution in [0.4, 0.5) is 0 Å². The van der Waals surface area contributed by atoms with Crippen LogP contribution in [0.1, 0.15) is 39.5 Å². The average Bonchev–Trinajstić information content (AvgIpc) is 2.73. The van der Waals surface area contributed by atoms with Crippen LogP contribution in [0.3, 0.4) is 0 Å². The van der Waals surface area contributed by atoms with E-state index in [0.717, 1.165) is 25.7 Å². The van der Waals surface area contributed by atoms with Crippen molar-refractivity contribution >= 4 is 5.91 Å². The Hall–Kier alpha value is -0.610. The van der Waals surface area contributed by atoms with Crippen LogP contribution < -0.4 is 11.1 Å². The van der Waals surface area contributed by atoms with Crippen molar-refractivity contribution in [1.82, 2.24) is 5.32 Å². The molecule has 1 saturated carbocycles. The van der Waals surface area contributed by atoms with Crippen molar-refractivity contribution in [2.24, 2.45) is 17.6 Å². The Kier molecular flexibility index (Phi) is 5.92. The second kappa shape index (κ2) is 6.97. The van der Waals surface area contributed by atoms with Crippen LogP contribution >= 0.6 is 0 Å². The van der Waals surface area contributed by atoms with Gasteiger partial charge in [0, 0.05) is 19.7 Å². The van der Waals surface area contributed by atoms with E-state index in [0.29, 0.717) is 18.6 Å². The fraction of sp³-hybridized carbons (Fsp3) is 0.923. The number of nitrogens with two attached hydrogens (primary N) is 1. The summed E-state index contributed by atoms with van der Waals surface area (Å²) in [5.74, 6) is 0.573. The molecule has 0 aromatic heterocycles. The van der Waals surface area contributed by atoms with Gasteiger partial charge in [0.15, 0.2) is 0 Å². The first-order valence-electron chi connectivity index (χ1n) is 6.60. The van der Waals surface area contributed by atoms with Crippen LogP contribution in [0, 0.1) is 11.8 Å². The minimum absolute atomic E-state index is 0.0448. The monoisotopic (exact) mass is 242 g/mol. The zero-order valence-corrected chi connectivity index (χ0v) is 11.2. The Morgan fingerprint density at radius 2 is 2.18 bits per heavy atom. The Morgan fingerprint density at radius 1 is 1.47 bits per heavy atom. The summed E-state index contributed by atoms with van der Waals surface area (Å²) >= 11 is 0. The lowest BCUT2D eigenvalue weighted by molar-refractivity contribution is -0.125. The van der Waals surface area contributed by atoms with Gasteiger partial charge >= 0.3 is 0 Å². The maximum Gasteiger partial charge on any atom is 0.224 e. The fourth-order valence-corrected chi connectivity index (χ4v) is 2.48. The maximum atomic E-state index is 12.0. The molecule has 3 N–H and O–H groups in total. The Morgan fingerprint density at radius 3 is 2.65 bits per heavy atom. The SMILES string of the molecule is COC1CCC(NC(=O)C(CN)CC(C)C)C1. The summed E-state index contributed by atoms with van der Waals surface area (Å²) in [5.41, 5.74) is 5.66. The highest BCUT2D eigenvalue weighted by atomic mass is 16.5. The third kappa shape index (κ3) is 4.64. The van der Waals surface area contributed by atoms with Gasteiger partial charge in [-0.05, 0) is 31.6 Å². The Labute approximate surface area is 104 Å². The highest BCUT2D eigenvalue weighted by Crippen LogP contribution is 2.22. The molecule has 0 aromatic carbocycles. The summed E-state index contributed by atoms with van der Waals surface area (Å²) in [5, 5.41) is 3.10. The second-order valence-corrected chi connectivity index (χ2v) is 5.44. The quantitative estimate of drug-likeness (QED) is 0.737. The van der Waals surface area contributed by atoms with Crippen molar-refractivity contribution < 1.29 is 9.53 Å². The summed E-state index contributed by atoms with van der Waals surface area (Å²) in [4.78, 5) is 12.0. The van der Waals surface area contributed by atoms with E-state index in [-0.39, 0.29) is 17.9 Å². The minimum Gasteiger partial charge on any atom is -0.381 e. The van der Waals surface area contributed by atoms with Gasteiger partial charge < -0.3 is 15.8 Å². The minimum atomic E-state index is -0.0448. The van der Waals surface area contributed by atoms with E-state index in [9.17, 15) is 4.79 Å². The number of methoxy groups -OCH3 is 1. The molecule has 0 radical (unpaired) electrons. The first-order chi connectivity index (χ1) is 8.06. The van der Waals surface area contributed by atoms with Gasteiger partial charge in [-0.25, -0.2) is 0 Å². The Bertz CT molecular complexity index is 244. The molecular formula is C13H26N2O2. The number of rotatable bonds is 6. The molecule has 0 aromatic rings. The van der Waals surface area contributed by atoms with E-state index in [4.69, 9.17) is 10.5 Å². The predicted molar refractivity (Wildman–Crippen MR) is 68.6 cm³/mol. The smallest absolute Gasteiger partial charge is 0.224 e. The molecule has 4 heteroatoms. The van der Waals surface area contributed by atoms with Crippen LogP contribution in [0.2, 0.25) is 0 Å². The number of carbonyl (C=O) groups excluding carboxylic acids is 1. The zero-order valence-electron chi connectivity index (χ0n) is 11.2. The molecule has 1 rings (SSSR count). The second-order valence-electron chi connectivity index (χ2n) is 5.44. The predicted octanol–water partition coefficient (Wildman–Crippen LogP) is 1.29. The van der Waals surface area contributed by atoms with E-state index in [1.54, 1.807) is 7.11 Å². The van der Waals surface area contributed by atoms with Crippen LogP contribution in [0.5, 0.6) is 0 Å². The van der Waals surface area contributed by atoms with E-state index in [1.165, 1.54) is 0 Å². The van der Waals surface area contributed by atoms with Gasteiger partial charge in [0.25, 0.3) is 0 Å². The third-order valence-electron chi connectivity index (χ3n) is 3.48. The lowest BCUT2D eigenvalue weighted by Gasteiger charge is -2.20. The summed E-state index contributed by atoms with van der Waals surface area (Å²) in [6.45, 7) is 4.67. The molecule has 0 heterocycles. The highest BCUT2D eigenvalue weighted by molar-refractivity contribution is 5.79. The van der Waals surface area contributed by atoms with Gasteiger partial charge in [0.05, 0.1) is 12.0 Å². The van der Waals surface area contributed by atoms with E-state index < -0.39 is 0 Å². The lowest BCUT2D eigenvalue weighted by Crippen LogP contribution is -2.41. The highest BCUT2D eigenvalue weighted by Gasteiger charge is 2.27. The standard InChI is InChI=1S/C13H26N2O2/c1-9(2)6-10(8-14)13(16)15-11-4-5-12(7-11)17-3/h9-12H,4-8,14H2,1-3H3,(H,15,16). The molecule has 100 valence electrons. The topological polar surface area (TPSA) is 64.3 Å². The first kappa shape index (κ1) is 14.5. The Balaban J connectivity index is 2.37. The lowest BCUT2D eigenvalue weighted by atomic mass is 9.96. The summed E-state index contributed by atoms with van der Waals surface area (Å²) in [6.07, 6.45) is 4.16. The molecule has 4 nitrogen and oxygen atoms in total. The number of ether oxygens (including phenoxy) is 1. The molecule has 0 saturated heterocycles. The number of nitrogens with one attached hydrogen (secondary N) is 1. The summed E-state index contributed by atoms with van der Waals surface area (Å²) < 4.78 is 5.30. The van der Waals surface area contributed by atoms with Gasteiger partial charge in [-0.3, -0.25) is 4.79 Å². The van der Waals surface area contributed by atoms with Crippen molar-refractivity contribution in [3.05, 3.63) is 0 Å². The summed E-state index contributed by atoms with van der Waals surface area (Å²) in [6, 6.07) is 0.272. The van der Waals surface area contributed by atoms with Crippen LogP contribution in [0.15, 0.2) is 0 Å². The van der Waals surface area contributed by atoms with E-state index >= 15 is 0 Å². The maximum absolute atomic E-state index is 12.0. The first-order valence-corrected chi connectivity index (χ1v) is 6.60. The number of hydrogen-bond acceptors (Lipinski definition) is 3. The molecule has 1 amide bonds. The molecule has 0 aliphatic heterocycles. The van der Waals surface area contributed by atoms with Gasteiger partial charge in [-0.1, -0.05) is 13.8 Å². The van der Waals surface area contributed by atoms with Crippen LogP contribution in [0.25, 0.3) is 0 Å². The largest absolute Gasteiger partial charge is 0.381 e. The molecule has 1 aliphatic rings. The molecule has 0 bridgehead atoms. The fourth-order valence-electron chi connectivity index (χ4n) is 2.48. The van der Waals surface area contributed by atoms with Crippen LogP contribution in [-0.4, -0.2) is 31.7 Å². The number of carbonyl (C=O) groups is 1. The molecule has 1 aliphatic carbocycles. The van der Waals surface area contributed by atoms with Crippen molar-refractivity contribution in [1.29, 1.82) is 0 Å². The van der Waals surface area contributed by atoms with Gasteiger partial charge in [-0.15, -0.1) is 0 Å². The van der Waals surface area contributed by atoms with Gasteiger partial charge in [-0.2, -0.15) is 0 Å². The van der Waals surface area contributed by atoms with E-state index in [2.05, 4.69) is 19.2 Å². The van der Waals surface area contributed by atoms with Crippen molar-refractivity contribution in [2.45, 2.75) is 51.7 Å². The third-order valence-corrected chi connectivity index (χ3v) is 3.48. The molecule has 1 fully saturated rings. The molecular weight excluding hydrogens is 216 g/mol. The van der Waals surface area contributed by atoms with Crippen molar-refractivity contribution in [3.8, 4) is 0 Å².